The summed E-state index contributed by atoms with van der Waals surface area (Å²) in [5.74, 6) is -5.14. The summed E-state index contributed by atoms with van der Waals surface area (Å²) in [6.45, 7) is 1.40. The third-order valence-corrected chi connectivity index (χ3v) is 5.30. The maximum absolute atomic E-state index is 13.2. The minimum atomic E-state index is -1.70. The lowest BCUT2D eigenvalue weighted by molar-refractivity contribution is -0.145. The third-order valence-electron chi connectivity index (χ3n) is 5.30. The summed E-state index contributed by atoms with van der Waals surface area (Å²) in [5, 5.41) is 25.8. The predicted molar refractivity (Wildman–Crippen MR) is 137 cm³/mol. The van der Waals surface area contributed by atoms with E-state index < -0.39 is 66.3 Å². The van der Waals surface area contributed by atoms with Crippen LogP contribution in [-0.2, 0) is 30.4 Å². The van der Waals surface area contributed by atoms with Crippen molar-refractivity contribution in [1.29, 1.82) is 0 Å². The highest BCUT2D eigenvalue weighted by Gasteiger charge is 2.32. The van der Waals surface area contributed by atoms with E-state index in [9.17, 15) is 34.2 Å². The molecule has 13 N–H and O–H groups in total. The Morgan fingerprint density at radius 2 is 1.50 bits per heavy atom. The van der Waals surface area contributed by atoms with Gasteiger partial charge in [-0.1, -0.05) is 30.3 Å². The highest BCUT2D eigenvalue weighted by atomic mass is 16.4. The number of rotatable bonds is 16. The molecule has 0 saturated carbocycles. The number of nitrogens with zero attached hydrogens (tertiary/aromatic N) is 1. The first kappa shape index (κ1) is 31.8. The number of aliphatic imine (C=N–C) groups is 1. The molecular weight excluding hydrogens is 500 g/mol. The van der Waals surface area contributed by atoms with Crippen molar-refractivity contribution in [3.05, 3.63) is 35.9 Å². The van der Waals surface area contributed by atoms with Crippen LogP contribution in [0.5, 0.6) is 0 Å². The van der Waals surface area contributed by atoms with Crippen LogP contribution < -0.4 is 38.9 Å². The van der Waals surface area contributed by atoms with Gasteiger partial charge in [0.15, 0.2) is 12.0 Å². The van der Waals surface area contributed by atoms with Crippen molar-refractivity contribution >= 4 is 35.6 Å². The summed E-state index contributed by atoms with van der Waals surface area (Å²) in [6.07, 6.45) is -1.52. The Hall–Kier alpha value is -4.24. The molecule has 38 heavy (non-hydrogen) atoms. The minimum absolute atomic E-state index is 0.00939. The highest BCUT2D eigenvalue weighted by Crippen LogP contribution is 2.06. The van der Waals surface area contributed by atoms with Crippen LogP contribution in [0.4, 0.5) is 0 Å². The first-order valence-corrected chi connectivity index (χ1v) is 11.8. The van der Waals surface area contributed by atoms with Crippen LogP contribution in [0.1, 0.15) is 31.7 Å². The molecule has 0 fully saturated rings. The first-order valence-electron chi connectivity index (χ1n) is 11.8. The Bertz CT molecular complexity index is 999. The molecule has 5 unspecified atom stereocenters. The third kappa shape index (κ3) is 11.7. The van der Waals surface area contributed by atoms with Gasteiger partial charge in [0.05, 0.1) is 18.6 Å². The van der Waals surface area contributed by atoms with Gasteiger partial charge in [0.25, 0.3) is 0 Å². The largest absolute Gasteiger partial charge is 0.480 e. The van der Waals surface area contributed by atoms with Crippen LogP contribution in [0.3, 0.4) is 0 Å². The molecule has 0 aromatic heterocycles. The molecule has 0 aliphatic carbocycles. The molecule has 15 heteroatoms. The van der Waals surface area contributed by atoms with E-state index >= 15 is 0 Å². The fourth-order valence-corrected chi connectivity index (χ4v) is 3.31. The second-order valence-electron chi connectivity index (χ2n) is 8.60. The van der Waals surface area contributed by atoms with Gasteiger partial charge in [0, 0.05) is 13.0 Å². The number of aliphatic hydroxyl groups is 1. The molecule has 1 rings (SSSR count). The maximum Gasteiger partial charge on any atom is 0.328 e. The Balaban J connectivity index is 3.06. The smallest absolute Gasteiger partial charge is 0.328 e. The van der Waals surface area contributed by atoms with Gasteiger partial charge in [-0.05, 0) is 25.3 Å². The molecule has 210 valence electrons. The van der Waals surface area contributed by atoms with Crippen LogP contribution >= 0.6 is 0 Å². The molecule has 1 aromatic carbocycles. The number of aliphatic carboxylic acids is 1. The van der Waals surface area contributed by atoms with E-state index in [-0.39, 0.29) is 25.3 Å². The average molecular weight is 537 g/mol. The van der Waals surface area contributed by atoms with Crippen molar-refractivity contribution in [2.24, 2.45) is 27.9 Å². The van der Waals surface area contributed by atoms with Gasteiger partial charge in [-0.2, -0.15) is 0 Å². The zero-order valence-electron chi connectivity index (χ0n) is 21.0. The molecule has 0 saturated heterocycles. The van der Waals surface area contributed by atoms with Crippen molar-refractivity contribution in [1.82, 2.24) is 16.0 Å². The topological polar surface area (TPSA) is 278 Å². The number of aliphatic hydroxyl groups excluding tert-OH is 1. The number of primary amides is 1. The highest BCUT2D eigenvalue weighted by molar-refractivity contribution is 5.96. The Morgan fingerprint density at radius 3 is 2.03 bits per heavy atom. The molecule has 4 amide bonds. The summed E-state index contributed by atoms with van der Waals surface area (Å²) in [6, 6.07) is 3.16. The summed E-state index contributed by atoms with van der Waals surface area (Å²) >= 11 is 0. The number of carboxylic acid groups (broad SMARTS) is 1. The number of benzene rings is 1. The number of nitrogens with two attached hydrogens (primary N) is 4. The monoisotopic (exact) mass is 536 g/mol. The van der Waals surface area contributed by atoms with Gasteiger partial charge in [0.2, 0.25) is 23.6 Å². The van der Waals surface area contributed by atoms with E-state index in [1.54, 1.807) is 30.3 Å². The fraction of sp³-hybridized carbons (Fsp3) is 0.478. The Labute approximate surface area is 219 Å². The van der Waals surface area contributed by atoms with Crippen LogP contribution in [-0.4, -0.2) is 82.6 Å². The van der Waals surface area contributed by atoms with Crippen molar-refractivity contribution in [2.75, 3.05) is 6.54 Å². The van der Waals surface area contributed by atoms with Gasteiger partial charge in [-0.3, -0.25) is 24.2 Å². The SMILES string of the molecule is CC(O)C(NC(=O)C(CC(N)=O)NC(=O)C(Cc1ccccc1)NC(=O)C(N)CCCN=C(N)N)C(=O)O. The van der Waals surface area contributed by atoms with Crippen molar-refractivity contribution < 1.29 is 34.2 Å². The number of carbonyl (C=O) groups is 5. The number of amides is 4. The van der Waals surface area contributed by atoms with E-state index in [2.05, 4.69) is 20.9 Å². The van der Waals surface area contributed by atoms with E-state index in [0.29, 0.717) is 12.0 Å². The molecular formula is C23H36N8O7. The number of carbonyl (C=O) groups excluding carboxylic acids is 4. The number of hydrogen-bond acceptors (Lipinski definition) is 8. The first-order chi connectivity index (χ1) is 17.8. The fourth-order valence-electron chi connectivity index (χ4n) is 3.31. The number of nitrogens with one attached hydrogen (secondary N) is 3. The van der Waals surface area contributed by atoms with Crippen molar-refractivity contribution in [3.8, 4) is 0 Å². The normalized spacial score (nSPS) is 14.6. The Morgan fingerprint density at radius 1 is 0.921 bits per heavy atom. The summed E-state index contributed by atoms with van der Waals surface area (Å²) in [7, 11) is 0. The second-order valence-corrected chi connectivity index (χ2v) is 8.60. The van der Waals surface area contributed by atoms with Gasteiger partial charge in [-0.15, -0.1) is 0 Å². The van der Waals surface area contributed by atoms with Crippen LogP contribution in [0.15, 0.2) is 35.3 Å². The summed E-state index contributed by atoms with van der Waals surface area (Å²) in [5.41, 5.74) is 22.3. The summed E-state index contributed by atoms with van der Waals surface area (Å²) < 4.78 is 0. The standard InChI is InChI=1S/C23H36N8O7/c1-12(32)18(22(37)38)31-21(36)16(11-17(25)33)30-20(35)15(10-13-6-3-2-4-7-13)29-19(34)14(24)8-5-9-28-23(26)27/h2-4,6-7,12,14-16,18,32H,5,8-11,24H2,1H3,(H2,25,33)(H,29,34)(H,30,35)(H,31,36)(H,37,38)(H4,26,27,28). The van der Waals surface area contributed by atoms with Gasteiger partial charge < -0.3 is 49.1 Å². The van der Waals surface area contributed by atoms with Gasteiger partial charge in [0.1, 0.15) is 12.1 Å². The lowest BCUT2D eigenvalue weighted by Gasteiger charge is -2.25. The molecule has 0 spiro atoms. The van der Waals surface area contributed by atoms with E-state index in [0.717, 1.165) is 6.92 Å². The second kappa shape index (κ2) is 15.8. The molecule has 0 aliphatic heterocycles. The molecule has 0 aliphatic rings. The van der Waals surface area contributed by atoms with Crippen LogP contribution in [0.2, 0.25) is 0 Å². The minimum Gasteiger partial charge on any atom is -0.480 e. The molecule has 0 bridgehead atoms. The lowest BCUT2D eigenvalue weighted by Crippen LogP contribution is -2.59. The van der Waals surface area contributed by atoms with Crippen LogP contribution in [0.25, 0.3) is 0 Å². The van der Waals surface area contributed by atoms with Gasteiger partial charge >= 0.3 is 5.97 Å². The van der Waals surface area contributed by atoms with Gasteiger partial charge in [-0.25, -0.2) is 4.79 Å². The lowest BCUT2D eigenvalue weighted by atomic mass is 10.0. The van der Waals surface area contributed by atoms with E-state index in [1.807, 2.05) is 0 Å². The zero-order chi connectivity index (χ0) is 28.8. The van der Waals surface area contributed by atoms with Crippen molar-refractivity contribution in [3.63, 3.8) is 0 Å². The van der Waals surface area contributed by atoms with Crippen LogP contribution in [0, 0.1) is 0 Å². The van der Waals surface area contributed by atoms with Crippen molar-refractivity contribution in [2.45, 2.75) is 62.9 Å². The molecule has 15 nitrogen and oxygen atoms in total. The van der Waals surface area contributed by atoms with E-state index in [4.69, 9.17) is 22.9 Å². The molecule has 5 atom stereocenters. The number of carboxylic acids is 1. The molecule has 0 radical (unpaired) electrons. The average Bonchev–Trinajstić information content (AvgIpc) is 2.83. The maximum atomic E-state index is 13.2. The molecule has 1 aromatic rings. The van der Waals surface area contributed by atoms with E-state index in [1.165, 1.54) is 0 Å². The zero-order valence-corrected chi connectivity index (χ0v) is 21.0. The number of guanidine groups is 1. The Kier molecular flexibility index (Phi) is 13.2. The predicted octanol–water partition coefficient (Wildman–Crippen LogP) is -3.59. The quantitative estimate of drug-likeness (QED) is 0.0568. The number of hydrogen-bond donors (Lipinski definition) is 9. The summed E-state index contributed by atoms with van der Waals surface area (Å²) in [4.78, 5) is 65.3. The molecule has 0 heterocycles.